The topological polar surface area (TPSA) is 36.7 Å². The van der Waals surface area contributed by atoms with E-state index in [0.29, 0.717) is 5.57 Å². The van der Waals surface area contributed by atoms with Crippen molar-refractivity contribution in [2.75, 3.05) is 0 Å². The molecule has 0 fully saturated rings. The van der Waals surface area contributed by atoms with E-state index in [-0.39, 0.29) is 5.41 Å². The van der Waals surface area contributed by atoms with Crippen LogP contribution in [0.1, 0.15) is 73.3 Å². The highest BCUT2D eigenvalue weighted by Crippen LogP contribution is 2.40. The first-order chi connectivity index (χ1) is 18.6. The van der Waals surface area contributed by atoms with Gasteiger partial charge in [0.2, 0.25) is 0 Å². The molecule has 1 aromatic heterocycles. The first-order valence-electron chi connectivity index (χ1n) is 13.7. The minimum atomic E-state index is 0.277. The van der Waals surface area contributed by atoms with Crippen molar-refractivity contribution in [3.05, 3.63) is 143 Å². The molecule has 0 saturated carbocycles. The molecule has 2 nitrogen and oxygen atoms in total. The summed E-state index contributed by atoms with van der Waals surface area (Å²) in [6.07, 6.45) is 34.4. The molecule has 1 aliphatic carbocycles. The third-order valence-corrected chi connectivity index (χ3v) is 6.80. The van der Waals surface area contributed by atoms with Crippen LogP contribution >= 0.6 is 0 Å². The summed E-state index contributed by atoms with van der Waals surface area (Å²) in [7, 11) is 0. The van der Waals surface area contributed by atoms with Gasteiger partial charge in [-0.15, -0.1) is 0 Å². The summed E-state index contributed by atoms with van der Waals surface area (Å²) in [5.74, 6) is 0. The van der Waals surface area contributed by atoms with Gasteiger partial charge in [0, 0.05) is 12.4 Å². The molecule has 0 saturated heterocycles. The number of allylic oxidation sites excluding steroid dienone is 20. The molecule has 0 bridgehead atoms. The highest BCUT2D eigenvalue weighted by Gasteiger charge is 2.26. The Morgan fingerprint density at radius 3 is 1.92 bits per heavy atom. The largest absolute Gasteiger partial charge is 0.265 e. The van der Waals surface area contributed by atoms with Gasteiger partial charge in [-0.25, -0.2) is 0 Å². The Balaban J connectivity index is 1.91. The summed E-state index contributed by atoms with van der Waals surface area (Å²) >= 11 is 0. The Kier molecular flexibility index (Phi) is 12.9. The number of nitriles is 1. The molecular weight excluding hydrogens is 472 g/mol. The summed E-state index contributed by atoms with van der Waals surface area (Å²) < 4.78 is 0. The minimum absolute atomic E-state index is 0.277. The highest BCUT2D eigenvalue weighted by molar-refractivity contribution is 5.78. The predicted octanol–water partition coefficient (Wildman–Crippen LogP) is 10.5. The molecule has 1 aliphatic rings. The zero-order valence-electron chi connectivity index (χ0n) is 24.8. The quantitative estimate of drug-likeness (QED) is 0.229. The molecule has 2 heteroatoms. The molecule has 1 heterocycles. The first-order valence-corrected chi connectivity index (χ1v) is 13.7. The van der Waals surface area contributed by atoms with Crippen LogP contribution in [0.5, 0.6) is 0 Å². The van der Waals surface area contributed by atoms with Crippen LogP contribution in [0.3, 0.4) is 0 Å². The van der Waals surface area contributed by atoms with Crippen LogP contribution in [-0.4, -0.2) is 4.98 Å². The fourth-order valence-electron chi connectivity index (χ4n) is 4.50. The second kappa shape index (κ2) is 16.1. The average molecular weight is 517 g/mol. The molecule has 0 aromatic carbocycles. The van der Waals surface area contributed by atoms with E-state index in [2.05, 4.69) is 113 Å². The van der Waals surface area contributed by atoms with Crippen molar-refractivity contribution in [3.63, 3.8) is 0 Å². The summed E-state index contributed by atoms with van der Waals surface area (Å²) in [4.78, 5) is 4.01. The monoisotopic (exact) mass is 516 g/mol. The highest BCUT2D eigenvalue weighted by atomic mass is 14.6. The van der Waals surface area contributed by atoms with Gasteiger partial charge in [0.15, 0.2) is 0 Å². The zero-order valence-corrected chi connectivity index (χ0v) is 24.8. The molecule has 2 rings (SSSR count). The van der Waals surface area contributed by atoms with Crippen LogP contribution in [-0.2, 0) is 0 Å². The van der Waals surface area contributed by atoms with Gasteiger partial charge in [-0.1, -0.05) is 109 Å². The normalized spacial score (nSPS) is 18.3. The summed E-state index contributed by atoms with van der Waals surface area (Å²) in [5.41, 5.74) is 9.42. The third-order valence-electron chi connectivity index (χ3n) is 6.80. The second-order valence-electron chi connectivity index (χ2n) is 10.9. The van der Waals surface area contributed by atoms with E-state index < -0.39 is 0 Å². The molecule has 39 heavy (non-hydrogen) atoms. The Bertz CT molecular complexity index is 1320. The maximum Gasteiger partial charge on any atom is 0.0998 e. The van der Waals surface area contributed by atoms with Gasteiger partial charge in [-0.05, 0) is 94.2 Å². The van der Waals surface area contributed by atoms with Gasteiger partial charge in [0.25, 0.3) is 0 Å². The lowest BCUT2D eigenvalue weighted by atomic mass is 9.72. The molecule has 202 valence electrons. The summed E-state index contributed by atoms with van der Waals surface area (Å²) in [5, 5.41) is 9.45. The van der Waals surface area contributed by atoms with Crippen molar-refractivity contribution in [1.82, 2.24) is 4.98 Å². The Hall–Kier alpha value is -3.96. The summed E-state index contributed by atoms with van der Waals surface area (Å²) in [6, 6.07) is 5.95. The minimum Gasteiger partial charge on any atom is -0.265 e. The molecule has 0 unspecified atom stereocenters. The van der Waals surface area contributed by atoms with Gasteiger partial charge in [0.05, 0.1) is 11.6 Å². The van der Waals surface area contributed by atoms with Gasteiger partial charge >= 0.3 is 0 Å². The average Bonchev–Trinajstić information content (AvgIpc) is 2.89. The fraction of sp³-hybridized carbons (Fsp3) is 0.297. The van der Waals surface area contributed by atoms with E-state index in [1.807, 2.05) is 37.3 Å². The van der Waals surface area contributed by atoms with Gasteiger partial charge in [-0.3, -0.25) is 4.98 Å². The van der Waals surface area contributed by atoms with E-state index in [9.17, 15) is 5.26 Å². The van der Waals surface area contributed by atoms with Crippen LogP contribution < -0.4 is 0 Å². The lowest BCUT2D eigenvalue weighted by Crippen LogP contribution is -2.19. The predicted molar refractivity (Wildman–Crippen MR) is 170 cm³/mol. The van der Waals surface area contributed by atoms with Crippen molar-refractivity contribution in [2.45, 2.75) is 67.7 Å². The van der Waals surface area contributed by atoms with E-state index in [1.54, 1.807) is 12.4 Å². The molecule has 0 amide bonds. The van der Waals surface area contributed by atoms with Gasteiger partial charge in [-0.2, -0.15) is 5.26 Å². The van der Waals surface area contributed by atoms with Crippen LogP contribution in [0.4, 0.5) is 0 Å². The molecule has 0 atom stereocenters. The third kappa shape index (κ3) is 11.5. The molecule has 1 aromatic rings. The van der Waals surface area contributed by atoms with Gasteiger partial charge in [0.1, 0.15) is 0 Å². The number of hydrogen-bond acceptors (Lipinski definition) is 2. The molecular formula is C37H44N2. The van der Waals surface area contributed by atoms with E-state index in [0.717, 1.165) is 16.7 Å². The molecule has 0 radical (unpaired) electrons. The Morgan fingerprint density at radius 1 is 0.821 bits per heavy atom. The van der Waals surface area contributed by atoms with Crippen LogP contribution in [0.2, 0.25) is 0 Å². The van der Waals surface area contributed by atoms with Crippen molar-refractivity contribution in [1.29, 1.82) is 5.26 Å². The second-order valence-corrected chi connectivity index (χ2v) is 10.9. The number of nitrogens with zero attached hydrogens (tertiary/aromatic N) is 2. The van der Waals surface area contributed by atoms with E-state index >= 15 is 0 Å². The van der Waals surface area contributed by atoms with E-state index in [4.69, 9.17) is 0 Å². The number of aromatic nitrogens is 1. The standard InChI is InChI=1S/C37H44N2/c1-29(15-10-17-31(3)20-21-36-33(5)19-12-24-37(36,6)7)13-8-9-14-30(2)16-11-18-32(4)27-35(28-38)34-22-25-39-26-23-34/h8-11,13-18,20-23,25-27H,12,19,24H2,1-7H3/b9-8+,15-10+,16-11+,21-20+,29-13+,30-14+,31-17+,32-18+,35-27-. The van der Waals surface area contributed by atoms with Crippen molar-refractivity contribution < 1.29 is 0 Å². The maximum atomic E-state index is 9.45. The lowest BCUT2D eigenvalue weighted by Gasteiger charge is -2.32. The fourth-order valence-corrected chi connectivity index (χ4v) is 4.50. The van der Waals surface area contributed by atoms with Crippen molar-refractivity contribution >= 4 is 5.57 Å². The van der Waals surface area contributed by atoms with Crippen molar-refractivity contribution in [2.24, 2.45) is 5.41 Å². The van der Waals surface area contributed by atoms with E-state index in [1.165, 1.54) is 41.6 Å². The molecule has 0 spiro atoms. The SMILES string of the molecule is CC1=C(/C=C/C(C)=C/C=C/C(C)=C/C=C/C=C(C)/C=C/C=C(C)/C=C(/C#N)c2ccncc2)C(C)(C)CCC1. The smallest absolute Gasteiger partial charge is 0.0998 e. The first kappa shape index (κ1) is 31.3. The lowest BCUT2D eigenvalue weighted by molar-refractivity contribution is 0.377. The van der Waals surface area contributed by atoms with Crippen LogP contribution in [0, 0.1) is 16.7 Å². The Labute approximate surface area is 237 Å². The molecule has 0 N–H and O–H groups in total. The van der Waals surface area contributed by atoms with Crippen LogP contribution in [0.15, 0.2) is 137 Å². The number of rotatable bonds is 10. The maximum absolute atomic E-state index is 9.45. The number of hydrogen-bond donors (Lipinski definition) is 0. The Morgan fingerprint density at radius 2 is 1.36 bits per heavy atom. The zero-order chi connectivity index (χ0) is 28.7. The summed E-state index contributed by atoms with van der Waals surface area (Å²) in [6.45, 7) is 15.3. The van der Waals surface area contributed by atoms with Gasteiger partial charge < -0.3 is 0 Å². The van der Waals surface area contributed by atoms with Crippen molar-refractivity contribution in [3.8, 4) is 6.07 Å². The number of pyridine rings is 1. The molecule has 0 aliphatic heterocycles. The van der Waals surface area contributed by atoms with Crippen LogP contribution in [0.25, 0.3) is 5.57 Å².